The van der Waals surface area contributed by atoms with Crippen LogP contribution in [0.4, 0.5) is 10.1 Å². The molecule has 1 fully saturated rings. The lowest BCUT2D eigenvalue weighted by atomic mass is 10.2. The van der Waals surface area contributed by atoms with E-state index in [4.69, 9.17) is 16.9 Å². The molecule has 3 rings (SSSR count). The minimum atomic E-state index is -0.361. The Kier molecular flexibility index (Phi) is 5.32. The smallest absolute Gasteiger partial charge is 0.238 e. The van der Waals surface area contributed by atoms with E-state index in [1.807, 2.05) is 11.0 Å². The number of nitrogens with zero attached hydrogens (tertiary/aromatic N) is 2. The standard InChI is InChI=1S/C19H17ClFN3O/c20-17-5-2-6-18(21)16(17)11-24(15-7-8-15)12-19(25)23-14-4-1-3-13(9-14)10-22/h1-6,9,15H,7-8,11-12H2,(H,23,25). The van der Waals surface area contributed by atoms with E-state index >= 15 is 0 Å². The summed E-state index contributed by atoms with van der Waals surface area (Å²) in [4.78, 5) is 14.3. The first-order valence-electron chi connectivity index (χ1n) is 8.04. The summed E-state index contributed by atoms with van der Waals surface area (Å²) in [5, 5.41) is 12.1. The summed E-state index contributed by atoms with van der Waals surface area (Å²) in [6, 6.07) is 13.6. The molecule has 0 aliphatic heterocycles. The van der Waals surface area contributed by atoms with Gasteiger partial charge in [-0.1, -0.05) is 23.7 Å². The third kappa shape index (κ3) is 4.56. The number of rotatable bonds is 6. The maximum atomic E-state index is 14.0. The second-order valence-electron chi connectivity index (χ2n) is 6.08. The maximum absolute atomic E-state index is 14.0. The fourth-order valence-electron chi connectivity index (χ4n) is 2.69. The highest BCUT2D eigenvalue weighted by Gasteiger charge is 2.31. The third-order valence-corrected chi connectivity index (χ3v) is 4.46. The van der Waals surface area contributed by atoms with Gasteiger partial charge in [-0.05, 0) is 43.2 Å². The van der Waals surface area contributed by atoms with Crippen molar-refractivity contribution in [3.63, 3.8) is 0 Å². The molecule has 25 heavy (non-hydrogen) atoms. The number of benzene rings is 2. The van der Waals surface area contributed by atoms with Crippen LogP contribution in [0.1, 0.15) is 24.0 Å². The average molecular weight is 358 g/mol. The Labute approximate surface area is 150 Å². The molecule has 0 spiro atoms. The molecule has 2 aromatic carbocycles. The summed E-state index contributed by atoms with van der Waals surface area (Å²) in [5.41, 5.74) is 1.47. The number of nitrogens with one attached hydrogen (secondary N) is 1. The first-order valence-corrected chi connectivity index (χ1v) is 8.41. The summed E-state index contributed by atoms with van der Waals surface area (Å²) < 4.78 is 14.0. The van der Waals surface area contributed by atoms with E-state index in [-0.39, 0.29) is 24.3 Å². The topological polar surface area (TPSA) is 56.1 Å². The highest BCUT2D eigenvalue weighted by atomic mass is 35.5. The highest BCUT2D eigenvalue weighted by Crippen LogP contribution is 2.30. The lowest BCUT2D eigenvalue weighted by molar-refractivity contribution is -0.117. The van der Waals surface area contributed by atoms with Crippen molar-refractivity contribution in [1.82, 2.24) is 4.90 Å². The zero-order valence-electron chi connectivity index (χ0n) is 13.5. The fraction of sp³-hybridized carbons (Fsp3) is 0.263. The second kappa shape index (κ2) is 7.64. The van der Waals surface area contributed by atoms with Crippen LogP contribution in [-0.4, -0.2) is 23.4 Å². The normalized spacial score (nSPS) is 13.5. The molecular weight excluding hydrogens is 341 g/mol. The molecule has 1 saturated carbocycles. The van der Waals surface area contributed by atoms with Crippen LogP contribution in [0.3, 0.4) is 0 Å². The Morgan fingerprint density at radius 3 is 2.76 bits per heavy atom. The third-order valence-electron chi connectivity index (χ3n) is 4.11. The lowest BCUT2D eigenvalue weighted by Crippen LogP contribution is -2.34. The van der Waals surface area contributed by atoms with Gasteiger partial charge >= 0.3 is 0 Å². The van der Waals surface area contributed by atoms with Gasteiger partial charge in [0.2, 0.25) is 5.91 Å². The Morgan fingerprint density at radius 2 is 2.08 bits per heavy atom. The van der Waals surface area contributed by atoms with Gasteiger partial charge in [0.1, 0.15) is 5.82 Å². The van der Waals surface area contributed by atoms with Crippen LogP contribution in [0.15, 0.2) is 42.5 Å². The number of amides is 1. The number of hydrogen-bond donors (Lipinski definition) is 1. The van der Waals surface area contributed by atoms with Crippen LogP contribution in [0.2, 0.25) is 5.02 Å². The van der Waals surface area contributed by atoms with E-state index in [1.165, 1.54) is 6.07 Å². The molecule has 0 saturated heterocycles. The Morgan fingerprint density at radius 1 is 1.32 bits per heavy atom. The number of halogens is 2. The SMILES string of the molecule is N#Cc1cccc(NC(=O)CN(Cc2c(F)cccc2Cl)C2CC2)c1. The number of nitriles is 1. The summed E-state index contributed by atoms with van der Waals surface area (Å²) in [6.45, 7) is 0.438. The van der Waals surface area contributed by atoms with Crippen LogP contribution >= 0.6 is 11.6 Å². The molecule has 1 aliphatic carbocycles. The minimum Gasteiger partial charge on any atom is -0.325 e. The average Bonchev–Trinajstić information content (AvgIpc) is 3.42. The molecule has 0 aromatic heterocycles. The fourth-order valence-corrected chi connectivity index (χ4v) is 2.91. The van der Waals surface area contributed by atoms with Crippen molar-refractivity contribution in [2.45, 2.75) is 25.4 Å². The van der Waals surface area contributed by atoms with Gasteiger partial charge in [0, 0.05) is 28.9 Å². The number of anilines is 1. The number of hydrogen-bond acceptors (Lipinski definition) is 3. The van der Waals surface area contributed by atoms with Crippen LogP contribution < -0.4 is 5.32 Å². The van der Waals surface area contributed by atoms with E-state index in [0.29, 0.717) is 28.4 Å². The van der Waals surface area contributed by atoms with E-state index in [0.717, 1.165) is 12.8 Å². The summed E-state index contributed by atoms with van der Waals surface area (Å²) in [5.74, 6) is -0.560. The second-order valence-corrected chi connectivity index (χ2v) is 6.48. The van der Waals surface area contributed by atoms with Gasteiger partial charge in [0.25, 0.3) is 0 Å². The van der Waals surface area contributed by atoms with Crippen LogP contribution in [0.5, 0.6) is 0 Å². The zero-order chi connectivity index (χ0) is 17.8. The van der Waals surface area contributed by atoms with Gasteiger partial charge < -0.3 is 5.32 Å². The first-order chi connectivity index (χ1) is 12.1. The zero-order valence-corrected chi connectivity index (χ0v) is 14.3. The van der Waals surface area contributed by atoms with Crippen LogP contribution in [0, 0.1) is 17.1 Å². The predicted molar refractivity (Wildman–Crippen MR) is 94.6 cm³/mol. The first kappa shape index (κ1) is 17.4. The molecular formula is C19H17ClFN3O. The van der Waals surface area contributed by atoms with Gasteiger partial charge in [-0.25, -0.2) is 4.39 Å². The van der Waals surface area contributed by atoms with Crippen molar-refractivity contribution >= 4 is 23.2 Å². The summed E-state index contributed by atoms with van der Waals surface area (Å²) in [6.07, 6.45) is 1.98. The molecule has 1 N–H and O–H groups in total. The molecule has 0 radical (unpaired) electrons. The molecule has 1 aliphatic rings. The Bertz CT molecular complexity index is 809. The van der Waals surface area contributed by atoms with Crippen LogP contribution in [-0.2, 0) is 11.3 Å². The van der Waals surface area contributed by atoms with Gasteiger partial charge in [-0.15, -0.1) is 0 Å². The quantitative estimate of drug-likeness (QED) is 0.851. The van der Waals surface area contributed by atoms with Crippen molar-refractivity contribution in [2.24, 2.45) is 0 Å². The molecule has 0 atom stereocenters. The maximum Gasteiger partial charge on any atom is 0.238 e. The number of carbonyl (C=O) groups is 1. The van der Waals surface area contributed by atoms with Gasteiger partial charge in [-0.2, -0.15) is 5.26 Å². The molecule has 6 heteroatoms. The lowest BCUT2D eigenvalue weighted by Gasteiger charge is -2.22. The largest absolute Gasteiger partial charge is 0.325 e. The van der Waals surface area contributed by atoms with E-state index < -0.39 is 0 Å². The van der Waals surface area contributed by atoms with Crippen molar-refractivity contribution in [2.75, 3.05) is 11.9 Å². The molecule has 2 aromatic rings. The van der Waals surface area contributed by atoms with Gasteiger partial charge in [-0.3, -0.25) is 9.69 Å². The molecule has 0 heterocycles. The minimum absolute atomic E-state index is 0.145. The molecule has 128 valence electrons. The Balaban J connectivity index is 1.68. The molecule has 0 bridgehead atoms. The summed E-state index contributed by atoms with van der Waals surface area (Å²) in [7, 11) is 0. The van der Waals surface area contributed by atoms with Crippen LogP contribution in [0.25, 0.3) is 0 Å². The monoisotopic (exact) mass is 357 g/mol. The molecule has 1 amide bonds. The van der Waals surface area contributed by atoms with E-state index in [2.05, 4.69) is 5.32 Å². The Hall–Kier alpha value is -2.42. The van der Waals surface area contributed by atoms with Crippen molar-refractivity contribution in [1.29, 1.82) is 5.26 Å². The predicted octanol–water partition coefficient (Wildman–Crippen LogP) is 3.95. The number of carbonyl (C=O) groups excluding carboxylic acids is 1. The van der Waals surface area contributed by atoms with E-state index in [9.17, 15) is 9.18 Å². The molecule has 4 nitrogen and oxygen atoms in total. The van der Waals surface area contributed by atoms with Crippen molar-refractivity contribution < 1.29 is 9.18 Å². The van der Waals surface area contributed by atoms with Crippen molar-refractivity contribution in [3.05, 3.63) is 64.4 Å². The van der Waals surface area contributed by atoms with Gasteiger partial charge in [0.05, 0.1) is 18.2 Å². The van der Waals surface area contributed by atoms with Crippen molar-refractivity contribution in [3.8, 4) is 6.07 Å². The molecule has 0 unspecified atom stereocenters. The highest BCUT2D eigenvalue weighted by molar-refractivity contribution is 6.31. The summed E-state index contributed by atoms with van der Waals surface area (Å²) >= 11 is 6.10. The van der Waals surface area contributed by atoms with E-state index in [1.54, 1.807) is 36.4 Å². The van der Waals surface area contributed by atoms with Gasteiger partial charge in [0.15, 0.2) is 0 Å².